The van der Waals surface area contributed by atoms with Crippen LogP contribution in [0.25, 0.3) is 0 Å². The van der Waals surface area contributed by atoms with Crippen LogP contribution in [0.4, 0.5) is 0 Å². The van der Waals surface area contributed by atoms with Crippen molar-refractivity contribution >= 4 is 54.2 Å². The number of imide groups is 1. The van der Waals surface area contributed by atoms with Crippen molar-refractivity contribution in [3.8, 4) is 5.75 Å². The number of esters is 3. The number of amides is 2. The Kier molecular flexibility index (Phi) is 33.9. The zero-order valence-corrected chi connectivity index (χ0v) is 74.5. The number of hydrogen-bond donors (Lipinski definition) is 0. The molecule has 676 valence electrons. The van der Waals surface area contributed by atoms with E-state index in [9.17, 15) is 9.59 Å². The molecule has 4 aliphatic heterocycles. The lowest BCUT2D eigenvalue weighted by Gasteiger charge is -2.51. The first-order valence-electron chi connectivity index (χ1n) is 44.0. The first-order valence-corrected chi connectivity index (χ1v) is 45.9. The molecule has 0 spiro atoms. The molecule has 3 fully saturated rings. The van der Waals surface area contributed by atoms with Crippen LogP contribution in [0, 0.1) is 0 Å². The molecular weight excluding hydrogens is 1660 g/mol. The Morgan fingerprint density at radius 3 is 1.31 bits per heavy atom. The molecule has 129 heavy (non-hydrogen) atoms. The van der Waals surface area contributed by atoms with Gasteiger partial charge in [0.2, 0.25) is 0 Å². The molecule has 0 bridgehead atoms. The second-order valence-electron chi connectivity index (χ2n) is 33.4. The Morgan fingerprint density at radius 1 is 0.372 bits per heavy atom. The van der Waals surface area contributed by atoms with Crippen LogP contribution in [0.2, 0.25) is 5.04 Å². The number of unbranched alkanes of at least 4 members (excludes halogenated alkanes) is 2. The summed E-state index contributed by atoms with van der Waals surface area (Å²) in [6.07, 6.45) is -19.4. The highest BCUT2D eigenvalue weighted by Gasteiger charge is 2.61. The number of methoxy groups -OCH3 is 2. The molecule has 4 heterocycles. The van der Waals surface area contributed by atoms with Crippen molar-refractivity contribution in [3.63, 3.8) is 0 Å². The molecule has 24 nitrogen and oxygen atoms in total. The number of nitrogens with zero attached hydrogens (tertiary/aromatic N) is 1. The summed E-state index contributed by atoms with van der Waals surface area (Å²) in [5, 5.41) is 1.11. The SMILES string of the molecule is COC(=O)CCCCCO[C@@H]1O[C@H](CO[C@H]2O[C@H](CO[Si](c3ccccc3)(c3ccccc3)C(C)(C)C)[C@H](OC(=O)CCC(C)=O)[C@H](O[C@H]3O[C@H](COCc4ccccc4)[C@H](OCc4ccccc4)[C@H](OCc4ccccc4)[C@H]3OCc3ccccc3)[C@H]2OC(=O)c2ccccc2)[C@@H](OCc2ccc(OC)cc2)[C@H](OCc2ccccc2)[C@H]1N1C(=O)c2ccccc2C1=O. The van der Waals surface area contributed by atoms with Gasteiger partial charge in [0.05, 0.1) is 96.8 Å². The van der Waals surface area contributed by atoms with E-state index in [2.05, 4.69) is 20.8 Å². The van der Waals surface area contributed by atoms with Gasteiger partial charge in [-0.3, -0.25) is 24.1 Å². The molecule has 10 aromatic rings. The fourth-order valence-corrected chi connectivity index (χ4v) is 21.4. The van der Waals surface area contributed by atoms with Crippen molar-refractivity contribution in [2.45, 2.75) is 203 Å². The van der Waals surface area contributed by atoms with Crippen LogP contribution in [0.3, 0.4) is 0 Å². The number of carbonyl (C=O) groups is 6. The molecule has 4 aliphatic rings. The summed E-state index contributed by atoms with van der Waals surface area (Å²) in [7, 11) is -0.779. The van der Waals surface area contributed by atoms with Crippen molar-refractivity contribution < 1.29 is 109 Å². The number of Topliss-reactive ketones (excluding diaryl/α,β-unsaturated/α-hetero) is 1. The third-order valence-electron chi connectivity index (χ3n) is 23.4. The number of carbonyl (C=O) groups excluding carboxylic acids is 6. The molecule has 0 aromatic heterocycles. The molecule has 0 saturated carbocycles. The van der Waals surface area contributed by atoms with Crippen LogP contribution in [-0.4, -0.2) is 181 Å². The molecule has 2 amide bonds. The minimum Gasteiger partial charge on any atom is -0.497 e. The van der Waals surface area contributed by atoms with E-state index in [1.165, 1.54) is 14.0 Å². The van der Waals surface area contributed by atoms with Gasteiger partial charge in [-0.15, -0.1) is 0 Å². The van der Waals surface area contributed by atoms with E-state index < -0.39 is 142 Å². The van der Waals surface area contributed by atoms with Gasteiger partial charge < -0.3 is 85.0 Å². The van der Waals surface area contributed by atoms with Crippen molar-refractivity contribution in [1.29, 1.82) is 0 Å². The van der Waals surface area contributed by atoms with E-state index in [0.29, 0.717) is 30.6 Å². The van der Waals surface area contributed by atoms with E-state index in [1.54, 1.807) is 73.8 Å². The average Bonchev–Trinajstić information content (AvgIpc) is 1.60. The molecule has 0 unspecified atom stereocenters. The van der Waals surface area contributed by atoms with E-state index >= 15 is 19.2 Å². The highest BCUT2D eigenvalue weighted by Crippen LogP contribution is 2.43. The lowest BCUT2D eigenvalue weighted by atomic mass is 9.94. The van der Waals surface area contributed by atoms with Gasteiger partial charge in [0.25, 0.3) is 20.1 Å². The zero-order valence-electron chi connectivity index (χ0n) is 73.5. The molecular formula is C104H113NO23Si. The number of ketones is 1. The normalized spacial score (nSPS) is 22.8. The highest BCUT2D eigenvalue weighted by atomic mass is 28.4. The summed E-state index contributed by atoms with van der Waals surface area (Å²) in [5.41, 5.74) is 5.10. The molecule has 0 radical (unpaired) electrons. The molecule has 14 rings (SSSR count). The highest BCUT2D eigenvalue weighted by molar-refractivity contribution is 6.99. The fraction of sp³-hybridized carbons (Fsp3) is 0.365. The monoisotopic (exact) mass is 1770 g/mol. The van der Waals surface area contributed by atoms with Gasteiger partial charge >= 0.3 is 17.9 Å². The quantitative estimate of drug-likeness (QED) is 0.0113. The van der Waals surface area contributed by atoms with Gasteiger partial charge in [0.15, 0.2) is 31.1 Å². The van der Waals surface area contributed by atoms with Gasteiger partial charge in [-0.1, -0.05) is 282 Å². The van der Waals surface area contributed by atoms with E-state index in [-0.39, 0.29) is 101 Å². The van der Waals surface area contributed by atoms with Crippen LogP contribution >= 0.6 is 0 Å². The van der Waals surface area contributed by atoms with Gasteiger partial charge in [-0.25, -0.2) is 4.79 Å². The predicted molar refractivity (Wildman–Crippen MR) is 481 cm³/mol. The third kappa shape index (κ3) is 24.5. The molecule has 0 N–H and O–H groups in total. The maximum Gasteiger partial charge on any atom is 0.338 e. The maximum absolute atomic E-state index is 15.9. The average molecular weight is 1770 g/mol. The summed E-state index contributed by atoms with van der Waals surface area (Å²) >= 11 is 0. The van der Waals surface area contributed by atoms with Crippen molar-refractivity contribution in [3.05, 3.63) is 341 Å². The van der Waals surface area contributed by atoms with Crippen molar-refractivity contribution in [1.82, 2.24) is 4.90 Å². The van der Waals surface area contributed by atoms with Crippen LogP contribution in [0.1, 0.15) is 131 Å². The van der Waals surface area contributed by atoms with Gasteiger partial charge in [0.1, 0.15) is 72.5 Å². The Labute approximate surface area is 754 Å². The predicted octanol–water partition coefficient (Wildman–Crippen LogP) is 15.2. The minimum absolute atomic E-state index is 0.0129. The third-order valence-corrected chi connectivity index (χ3v) is 28.4. The molecule has 25 heteroatoms. The van der Waals surface area contributed by atoms with Crippen LogP contribution in [0.15, 0.2) is 291 Å². The number of hydrogen-bond acceptors (Lipinski definition) is 23. The summed E-state index contributed by atoms with van der Waals surface area (Å²) < 4.78 is 120. The second kappa shape index (κ2) is 46.4. The summed E-state index contributed by atoms with van der Waals surface area (Å²) in [5.74, 6) is -3.10. The lowest BCUT2D eigenvalue weighted by molar-refractivity contribution is -0.373. The first kappa shape index (κ1) is 94.0. The maximum atomic E-state index is 15.9. The minimum atomic E-state index is -3.68. The van der Waals surface area contributed by atoms with Crippen LogP contribution in [-0.2, 0) is 130 Å². The smallest absolute Gasteiger partial charge is 0.338 e. The number of ether oxygens (including phenoxy) is 16. The van der Waals surface area contributed by atoms with Gasteiger partial charge in [0, 0.05) is 19.4 Å². The van der Waals surface area contributed by atoms with E-state index in [4.69, 9.17) is 80.2 Å². The van der Waals surface area contributed by atoms with Crippen LogP contribution in [0.5, 0.6) is 5.75 Å². The summed E-state index contributed by atoms with van der Waals surface area (Å²) in [6, 6.07) is 88.6. The fourth-order valence-electron chi connectivity index (χ4n) is 16.8. The first-order chi connectivity index (χ1) is 62.9. The number of fused-ring (bicyclic) bond motifs is 1. The van der Waals surface area contributed by atoms with Crippen molar-refractivity contribution in [2.24, 2.45) is 0 Å². The Morgan fingerprint density at radius 2 is 0.806 bits per heavy atom. The van der Waals surface area contributed by atoms with E-state index in [1.807, 2.05) is 224 Å². The number of benzene rings is 10. The second-order valence-corrected chi connectivity index (χ2v) is 37.7. The Hall–Kier alpha value is -11.1. The van der Waals surface area contributed by atoms with Crippen LogP contribution < -0.4 is 15.1 Å². The number of rotatable bonds is 44. The summed E-state index contributed by atoms with van der Waals surface area (Å²) in [6.45, 7) is 6.68. The van der Waals surface area contributed by atoms with Crippen molar-refractivity contribution in [2.75, 3.05) is 40.6 Å². The molecule has 0 aliphatic carbocycles. The molecule has 10 aromatic carbocycles. The summed E-state index contributed by atoms with van der Waals surface area (Å²) in [4.78, 5) is 88.8. The zero-order chi connectivity index (χ0) is 89.9. The standard InChI is InChI=1S/C104H113NO23Si/c1-71(106)55-60-88(108)126-92-86(70-122-129(104(2,3)4,80-48-28-13-29-49-80)81-50-30-14-31-51-81)124-102(121-69-85-90(116-67-77-56-58-79(112-5)59-57-77)93(118-64-74-40-20-9-21-41-74)89(101(123-85)115-61-35-15-32-54-87(107)113-6)105-98(109)82-52-33-34-53-83(82)99(105)110)97(127-100(111)78-46-26-12-27-47-78)95(92)128-103-96(120-66-76-44-24-11-25-45-76)94(119-65-75-42-22-10-23-43-75)91(117-63-73-38-18-8-19-39-73)84(125-103)68-114-62-72-36-16-7-17-37-72/h7-14,16-31,33-34,36-53,56-59,84-86,89-97,101-103H,15,32,35,54-55,60-70H2,1-6H3/t84-,85-,86-,89-,90-,91+,92+,93-,94+,95+,96-,97-,101-,102+,103-/m1/s1. The molecule has 3 saturated heterocycles. The largest absolute Gasteiger partial charge is 0.497 e. The topological polar surface area (TPSA) is 263 Å². The molecule has 15 atom stereocenters. The van der Waals surface area contributed by atoms with Gasteiger partial charge in [-0.05, 0) is 105 Å². The lowest BCUT2D eigenvalue weighted by Crippen LogP contribution is -2.70. The van der Waals surface area contributed by atoms with Gasteiger partial charge in [-0.2, -0.15) is 0 Å². The Bertz CT molecular complexity index is 5090. The Balaban J connectivity index is 0.952. The van der Waals surface area contributed by atoms with E-state index in [0.717, 1.165) is 43.1 Å².